The lowest BCUT2D eigenvalue weighted by atomic mass is 9.97. The van der Waals surface area contributed by atoms with Gasteiger partial charge in [-0.1, -0.05) is 78.9 Å². The van der Waals surface area contributed by atoms with Crippen LogP contribution in [0, 0.1) is 0 Å². The van der Waals surface area contributed by atoms with Crippen LogP contribution in [0.5, 0.6) is 5.75 Å². The predicted octanol–water partition coefficient (Wildman–Crippen LogP) is 5.30. The van der Waals surface area contributed by atoms with Gasteiger partial charge in [-0.3, -0.25) is 9.59 Å². The van der Waals surface area contributed by atoms with Crippen LogP contribution in [0.4, 0.5) is 13.2 Å². The van der Waals surface area contributed by atoms with Crippen molar-refractivity contribution in [3.8, 4) is 16.9 Å². The molecule has 1 unspecified atom stereocenters. The fourth-order valence-corrected chi connectivity index (χ4v) is 5.02. The maximum Gasteiger partial charge on any atom is 0.490 e. The summed E-state index contributed by atoms with van der Waals surface area (Å²) in [4.78, 5) is 37.2. The van der Waals surface area contributed by atoms with Gasteiger partial charge in [-0.05, 0) is 77.8 Å². The molecule has 0 aliphatic rings. The van der Waals surface area contributed by atoms with Gasteiger partial charge in [-0.2, -0.15) is 13.2 Å². The van der Waals surface area contributed by atoms with E-state index in [0.717, 1.165) is 41.5 Å². The van der Waals surface area contributed by atoms with Gasteiger partial charge < -0.3 is 31.9 Å². The van der Waals surface area contributed by atoms with Crippen LogP contribution in [0.25, 0.3) is 11.1 Å². The number of benzene rings is 4. The lowest BCUT2D eigenvalue weighted by molar-refractivity contribution is -0.192. The van der Waals surface area contributed by atoms with Crippen molar-refractivity contribution in [2.75, 3.05) is 19.6 Å². The van der Waals surface area contributed by atoms with E-state index in [9.17, 15) is 27.9 Å². The number of phenols is 1. The van der Waals surface area contributed by atoms with Gasteiger partial charge in [0.05, 0.1) is 6.04 Å². The number of unbranched alkanes of at least 4 members (excludes halogenated alkanes) is 1. The number of amides is 2. The van der Waals surface area contributed by atoms with Gasteiger partial charge >= 0.3 is 12.1 Å². The molecule has 0 bridgehead atoms. The van der Waals surface area contributed by atoms with E-state index >= 15 is 0 Å². The molecule has 0 aromatic heterocycles. The summed E-state index contributed by atoms with van der Waals surface area (Å²) in [6.45, 7) is 1.76. The van der Waals surface area contributed by atoms with Crippen molar-refractivity contribution in [3.05, 3.63) is 125 Å². The van der Waals surface area contributed by atoms with E-state index in [1.54, 1.807) is 30.3 Å². The van der Waals surface area contributed by atoms with Crippen LogP contribution in [0.2, 0.25) is 0 Å². The second-order valence-corrected chi connectivity index (χ2v) is 11.3. The number of rotatable bonds is 14. The monoisotopic (exact) mass is 678 g/mol. The van der Waals surface area contributed by atoms with Crippen LogP contribution in [0.15, 0.2) is 103 Å². The number of phenolic OH excluding ortho intramolecular Hbond substituents is 1. The summed E-state index contributed by atoms with van der Waals surface area (Å²) in [5, 5.41) is 19.6. The van der Waals surface area contributed by atoms with Gasteiger partial charge in [-0.25, -0.2) is 4.79 Å². The molecule has 4 rings (SSSR count). The van der Waals surface area contributed by atoms with Crippen molar-refractivity contribution in [2.45, 2.75) is 44.4 Å². The molecule has 0 radical (unpaired) electrons. The van der Waals surface area contributed by atoms with Gasteiger partial charge in [-0.15, -0.1) is 0 Å². The summed E-state index contributed by atoms with van der Waals surface area (Å²) in [7, 11) is 0. The van der Waals surface area contributed by atoms with E-state index in [1.807, 2.05) is 65.6 Å². The second-order valence-electron chi connectivity index (χ2n) is 11.3. The first-order valence-corrected chi connectivity index (χ1v) is 15.7. The van der Waals surface area contributed by atoms with Crippen LogP contribution in [0.3, 0.4) is 0 Å². The Labute approximate surface area is 283 Å². The topological polar surface area (TPSA) is 159 Å². The molecule has 0 saturated heterocycles. The van der Waals surface area contributed by atoms with Crippen LogP contribution in [-0.4, -0.2) is 64.7 Å². The summed E-state index contributed by atoms with van der Waals surface area (Å²) < 4.78 is 31.7. The quantitative estimate of drug-likeness (QED) is 0.113. The molecule has 12 heteroatoms. The highest BCUT2D eigenvalue weighted by Crippen LogP contribution is 2.25. The third-order valence-corrected chi connectivity index (χ3v) is 7.46. The molecular weight excluding hydrogens is 637 g/mol. The van der Waals surface area contributed by atoms with Crippen molar-refractivity contribution in [1.29, 1.82) is 0 Å². The van der Waals surface area contributed by atoms with E-state index in [1.165, 1.54) is 5.56 Å². The molecule has 0 spiro atoms. The van der Waals surface area contributed by atoms with Crippen molar-refractivity contribution >= 4 is 17.8 Å². The summed E-state index contributed by atoms with van der Waals surface area (Å²) in [5.74, 6) is -2.86. The molecule has 4 aromatic rings. The molecule has 9 nitrogen and oxygen atoms in total. The molecule has 260 valence electrons. The molecule has 0 aliphatic heterocycles. The number of nitrogens with one attached hydrogen (secondary N) is 1. The molecule has 1 atom stereocenters. The number of nitrogens with two attached hydrogens (primary N) is 2. The van der Waals surface area contributed by atoms with E-state index in [-0.39, 0.29) is 17.6 Å². The number of hydrogen-bond donors (Lipinski definition) is 5. The average Bonchev–Trinajstić information content (AvgIpc) is 3.09. The van der Waals surface area contributed by atoms with E-state index in [0.29, 0.717) is 38.2 Å². The zero-order valence-electron chi connectivity index (χ0n) is 26.9. The van der Waals surface area contributed by atoms with Gasteiger partial charge in [0.15, 0.2) is 0 Å². The van der Waals surface area contributed by atoms with Crippen molar-refractivity contribution in [2.24, 2.45) is 11.5 Å². The molecule has 2 amide bonds. The number of aliphatic carboxylic acids is 1. The smallest absolute Gasteiger partial charge is 0.490 e. The number of aryl methyl sites for hydroxylation is 1. The Kier molecular flexibility index (Phi) is 14.8. The van der Waals surface area contributed by atoms with Crippen molar-refractivity contribution in [1.82, 2.24) is 10.2 Å². The Morgan fingerprint density at radius 3 is 2.10 bits per heavy atom. The lowest BCUT2D eigenvalue weighted by Crippen LogP contribution is -2.45. The number of halogens is 3. The minimum absolute atomic E-state index is 0.116. The Morgan fingerprint density at radius 1 is 0.816 bits per heavy atom. The molecule has 49 heavy (non-hydrogen) atoms. The number of carboxylic acids is 1. The van der Waals surface area contributed by atoms with Gasteiger partial charge in [0.2, 0.25) is 5.91 Å². The minimum Gasteiger partial charge on any atom is -0.508 e. The van der Waals surface area contributed by atoms with Crippen LogP contribution in [-0.2, 0) is 29.0 Å². The van der Waals surface area contributed by atoms with Crippen LogP contribution in [0.1, 0.15) is 39.9 Å². The fourth-order valence-electron chi connectivity index (χ4n) is 5.02. The highest BCUT2D eigenvalue weighted by Gasteiger charge is 2.38. The predicted molar refractivity (Wildman–Crippen MR) is 182 cm³/mol. The number of nitrogens with zero attached hydrogens (tertiary/aromatic N) is 1. The maximum absolute atomic E-state index is 13.7. The SMILES string of the molecule is NCCNC(=O)c1ccccc1-c1cccc(CN(CCCCc2ccccc2)C(=O)C(N)Cc2ccc(O)cc2)c1.O=C(O)C(F)(F)F. The van der Waals surface area contributed by atoms with Gasteiger partial charge in [0.25, 0.3) is 5.91 Å². The number of carbonyl (C=O) groups is 3. The zero-order valence-corrected chi connectivity index (χ0v) is 26.9. The minimum atomic E-state index is -5.08. The summed E-state index contributed by atoms with van der Waals surface area (Å²) in [6, 6.07) is 31.9. The molecule has 0 aliphatic carbocycles. The largest absolute Gasteiger partial charge is 0.508 e. The molecule has 4 aromatic carbocycles. The summed E-state index contributed by atoms with van der Waals surface area (Å²) in [6.07, 6.45) is -1.96. The maximum atomic E-state index is 13.7. The first-order valence-electron chi connectivity index (χ1n) is 15.7. The fraction of sp³-hybridized carbons (Fsp3) is 0.270. The average molecular weight is 679 g/mol. The van der Waals surface area contributed by atoms with Crippen LogP contribution < -0.4 is 16.8 Å². The van der Waals surface area contributed by atoms with E-state index in [4.69, 9.17) is 21.4 Å². The van der Waals surface area contributed by atoms with E-state index < -0.39 is 18.2 Å². The number of aromatic hydroxyl groups is 1. The van der Waals surface area contributed by atoms with Gasteiger partial charge in [0, 0.05) is 31.7 Å². The highest BCUT2D eigenvalue weighted by atomic mass is 19.4. The first-order chi connectivity index (χ1) is 23.4. The number of carboxylic acid groups (broad SMARTS) is 1. The third kappa shape index (κ3) is 12.7. The number of hydrogen-bond acceptors (Lipinski definition) is 6. The molecule has 7 N–H and O–H groups in total. The van der Waals surface area contributed by atoms with Crippen molar-refractivity contribution < 1.29 is 37.8 Å². The second kappa shape index (κ2) is 19.0. The number of carbonyl (C=O) groups excluding carboxylic acids is 2. The summed E-state index contributed by atoms with van der Waals surface area (Å²) >= 11 is 0. The highest BCUT2D eigenvalue weighted by molar-refractivity contribution is 6.00. The normalized spacial score (nSPS) is 11.5. The molecular formula is C37H41F3N4O5. The molecule has 0 saturated carbocycles. The van der Waals surface area contributed by atoms with E-state index in [2.05, 4.69) is 17.4 Å². The molecule has 0 fully saturated rings. The standard InChI is InChI=1S/C35H40N4O3.C2HF3O2/c36-20-21-38-34(41)32-15-5-4-14-31(32)29-13-8-12-28(23-29)25-39(22-7-6-11-26-9-2-1-3-10-26)35(42)33(37)24-27-16-18-30(40)19-17-27;3-2(4,5)1(6)7/h1-5,8-10,12-19,23,33,40H,6-7,11,20-22,24-25,36-37H2,(H,38,41);(H,6,7). The first kappa shape index (κ1) is 38.2. The third-order valence-electron chi connectivity index (χ3n) is 7.46. The van der Waals surface area contributed by atoms with Crippen molar-refractivity contribution in [3.63, 3.8) is 0 Å². The summed E-state index contributed by atoms with van der Waals surface area (Å²) in [5.41, 5.74) is 17.4. The zero-order chi connectivity index (χ0) is 35.8. The Balaban J connectivity index is 0.000000838. The lowest BCUT2D eigenvalue weighted by Gasteiger charge is -2.26. The number of alkyl halides is 3. The Hall–Kier alpha value is -5.20. The van der Waals surface area contributed by atoms with Gasteiger partial charge in [0.1, 0.15) is 5.75 Å². The molecule has 0 heterocycles. The Morgan fingerprint density at radius 2 is 1.45 bits per heavy atom. The van der Waals surface area contributed by atoms with Crippen LogP contribution >= 0.6 is 0 Å². The Bertz CT molecular complexity index is 1650.